The maximum atomic E-state index is 11.4. The van der Waals surface area contributed by atoms with Crippen LogP contribution in [-0.4, -0.2) is 5.97 Å². The van der Waals surface area contributed by atoms with Gasteiger partial charge < -0.3 is 0 Å². The van der Waals surface area contributed by atoms with Crippen molar-refractivity contribution in [3.05, 3.63) is 41.5 Å². The lowest BCUT2D eigenvalue weighted by molar-refractivity contribution is -0.229. The van der Waals surface area contributed by atoms with Gasteiger partial charge in [0.2, 0.25) is 0 Å². The number of carbonyl (C=O) groups excluding carboxylic acids is 1. The number of carbonyl (C=O) groups is 1. The van der Waals surface area contributed by atoms with Gasteiger partial charge in [-0.3, -0.25) is 4.89 Å². The number of hydrogen-bond donors (Lipinski definition) is 0. The maximum Gasteiger partial charge on any atom is 0.373 e. The first-order valence-electron chi connectivity index (χ1n) is 4.36. The van der Waals surface area contributed by atoms with E-state index in [9.17, 15) is 4.79 Å². The van der Waals surface area contributed by atoms with Crippen LogP contribution >= 0.6 is 0 Å². The van der Waals surface area contributed by atoms with Crippen LogP contribution in [0.15, 0.2) is 24.3 Å². The van der Waals surface area contributed by atoms with Crippen molar-refractivity contribution in [2.75, 3.05) is 0 Å². The van der Waals surface area contributed by atoms with E-state index in [4.69, 9.17) is 0 Å². The molecule has 1 radical (unpaired) electrons. The number of benzene rings is 1. The molecule has 14 heavy (non-hydrogen) atoms. The van der Waals surface area contributed by atoms with Crippen LogP contribution in [0.3, 0.4) is 0 Å². The fourth-order valence-corrected chi connectivity index (χ4v) is 0.968. The Labute approximate surface area is 83.6 Å². The molecule has 75 valence electrons. The van der Waals surface area contributed by atoms with E-state index >= 15 is 0 Å². The van der Waals surface area contributed by atoms with Gasteiger partial charge in [0, 0.05) is 0 Å². The zero-order valence-corrected chi connectivity index (χ0v) is 8.53. The Hall–Kier alpha value is -1.35. The van der Waals surface area contributed by atoms with E-state index in [-0.39, 0.29) is 0 Å². The second kappa shape index (κ2) is 4.77. The Morgan fingerprint density at radius 3 is 2.36 bits per heavy atom. The summed E-state index contributed by atoms with van der Waals surface area (Å²) in [4.78, 5) is 20.7. The summed E-state index contributed by atoms with van der Waals surface area (Å²) in [5.74, 6) is -0.468. The summed E-state index contributed by atoms with van der Waals surface area (Å²) >= 11 is 0. The second-order valence-corrected chi connectivity index (χ2v) is 3.18. The molecule has 0 aliphatic rings. The van der Waals surface area contributed by atoms with E-state index in [0.717, 1.165) is 5.56 Å². The zero-order chi connectivity index (χ0) is 10.6. The molecule has 0 unspecified atom stereocenters. The van der Waals surface area contributed by atoms with Crippen molar-refractivity contribution in [2.24, 2.45) is 0 Å². The highest BCUT2D eigenvalue weighted by atomic mass is 17.2. The van der Waals surface area contributed by atoms with E-state index in [1.54, 1.807) is 26.0 Å². The van der Waals surface area contributed by atoms with Crippen molar-refractivity contribution in [3.63, 3.8) is 0 Å². The van der Waals surface area contributed by atoms with Gasteiger partial charge >= 0.3 is 5.97 Å². The molecular formula is C11H13O3. The first kappa shape index (κ1) is 10.7. The lowest BCUT2D eigenvalue weighted by Crippen LogP contribution is -2.08. The molecule has 1 aromatic rings. The largest absolute Gasteiger partial charge is 0.373 e. The van der Waals surface area contributed by atoms with Gasteiger partial charge in [0.1, 0.15) is 6.10 Å². The minimum atomic E-state index is -0.468. The summed E-state index contributed by atoms with van der Waals surface area (Å²) in [5.41, 5.74) is 1.39. The van der Waals surface area contributed by atoms with Gasteiger partial charge in [-0.1, -0.05) is 18.2 Å². The molecule has 0 aromatic heterocycles. The molecule has 1 rings (SSSR count). The molecule has 0 heterocycles. The molecule has 0 atom stereocenters. The van der Waals surface area contributed by atoms with Crippen molar-refractivity contribution in [1.29, 1.82) is 0 Å². The highest BCUT2D eigenvalue weighted by Crippen LogP contribution is 2.10. The fourth-order valence-electron chi connectivity index (χ4n) is 0.968. The highest BCUT2D eigenvalue weighted by molar-refractivity contribution is 5.90. The Bertz CT molecular complexity index is 318. The van der Waals surface area contributed by atoms with Crippen LogP contribution < -0.4 is 0 Å². The van der Waals surface area contributed by atoms with Crippen molar-refractivity contribution in [3.8, 4) is 0 Å². The molecule has 3 heteroatoms. The van der Waals surface area contributed by atoms with Crippen molar-refractivity contribution in [1.82, 2.24) is 0 Å². The van der Waals surface area contributed by atoms with Crippen LogP contribution in [0.1, 0.15) is 29.8 Å². The van der Waals surface area contributed by atoms with E-state index in [1.807, 2.05) is 19.1 Å². The number of hydrogen-bond acceptors (Lipinski definition) is 3. The van der Waals surface area contributed by atoms with Crippen molar-refractivity contribution < 1.29 is 14.6 Å². The third kappa shape index (κ3) is 2.85. The first-order valence-corrected chi connectivity index (χ1v) is 4.36. The first-order chi connectivity index (χ1) is 6.61. The van der Waals surface area contributed by atoms with Crippen LogP contribution in [0.25, 0.3) is 0 Å². The van der Waals surface area contributed by atoms with E-state index in [2.05, 4.69) is 9.78 Å². The van der Waals surface area contributed by atoms with Gasteiger partial charge in [0.15, 0.2) is 0 Å². The molecule has 0 N–H and O–H groups in total. The Morgan fingerprint density at radius 2 is 1.79 bits per heavy atom. The lowest BCUT2D eigenvalue weighted by atomic mass is 10.1. The number of aryl methyl sites for hydroxylation is 1. The van der Waals surface area contributed by atoms with E-state index in [0.29, 0.717) is 11.7 Å². The van der Waals surface area contributed by atoms with E-state index < -0.39 is 5.97 Å². The Morgan fingerprint density at radius 1 is 1.14 bits per heavy atom. The van der Waals surface area contributed by atoms with Gasteiger partial charge in [-0.15, -0.1) is 0 Å². The Kier molecular flexibility index (Phi) is 3.65. The molecule has 0 amide bonds. The average Bonchev–Trinajstić information content (AvgIpc) is 2.15. The molecule has 0 fully saturated rings. The standard InChI is InChI=1S/C11H13O3/c1-8(2)13-14-11(12)10-7-5-4-6-9(10)3/h4-7H,1-3H3. The summed E-state index contributed by atoms with van der Waals surface area (Å²) in [6.07, 6.45) is 0.590. The topological polar surface area (TPSA) is 35.5 Å². The summed E-state index contributed by atoms with van der Waals surface area (Å²) in [7, 11) is 0. The maximum absolute atomic E-state index is 11.4. The monoisotopic (exact) mass is 193 g/mol. The average molecular weight is 193 g/mol. The minimum absolute atomic E-state index is 0.468. The smallest absolute Gasteiger partial charge is 0.292 e. The third-order valence-electron chi connectivity index (χ3n) is 1.65. The van der Waals surface area contributed by atoms with Crippen molar-refractivity contribution in [2.45, 2.75) is 20.8 Å². The number of rotatable bonds is 3. The van der Waals surface area contributed by atoms with Crippen LogP contribution in [0, 0.1) is 13.0 Å². The molecule has 1 aromatic carbocycles. The Balaban J connectivity index is 2.65. The van der Waals surface area contributed by atoms with Gasteiger partial charge in [-0.2, -0.15) is 4.89 Å². The molecule has 0 spiro atoms. The molecule has 0 saturated carbocycles. The summed E-state index contributed by atoms with van der Waals surface area (Å²) < 4.78 is 0. The molecule has 0 aliphatic heterocycles. The fraction of sp³-hybridized carbons (Fsp3) is 0.273. The van der Waals surface area contributed by atoms with Gasteiger partial charge in [-0.05, 0) is 32.4 Å². The van der Waals surface area contributed by atoms with E-state index in [1.165, 1.54) is 0 Å². The molecule has 0 saturated heterocycles. The molecule has 0 aliphatic carbocycles. The van der Waals surface area contributed by atoms with Crippen molar-refractivity contribution >= 4 is 5.97 Å². The van der Waals surface area contributed by atoms with Crippen LogP contribution in [0.5, 0.6) is 0 Å². The quantitative estimate of drug-likeness (QED) is 0.546. The zero-order valence-electron chi connectivity index (χ0n) is 8.53. The predicted molar refractivity (Wildman–Crippen MR) is 52.3 cm³/mol. The normalized spacial score (nSPS) is 10.3. The van der Waals surface area contributed by atoms with Gasteiger partial charge in [0.05, 0.1) is 5.56 Å². The molecule has 3 nitrogen and oxygen atoms in total. The van der Waals surface area contributed by atoms with Crippen LogP contribution in [0.2, 0.25) is 0 Å². The lowest BCUT2D eigenvalue weighted by Gasteiger charge is -2.06. The second-order valence-electron chi connectivity index (χ2n) is 3.18. The summed E-state index contributed by atoms with van der Waals surface area (Å²) in [6, 6.07) is 7.20. The predicted octanol–water partition coefficient (Wildman–Crippen LogP) is 2.66. The molecular weight excluding hydrogens is 180 g/mol. The minimum Gasteiger partial charge on any atom is -0.292 e. The highest BCUT2D eigenvalue weighted by Gasteiger charge is 2.11. The van der Waals surface area contributed by atoms with Crippen LogP contribution in [-0.2, 0) is 9.78 Å². The van der Waals surface area contributed by atoms with Gasteiger partial charge in [-0.25, -0.2) is 4.79 Å². The summed E-state index contributed by atoms with van der Waals surface area (Å²) in [5, 5.41) is 0. The third-order valence-corrected chi connectivity index (χ3v) is 1.65. The molecule has 0 bridgehead atoms. The summed E-state index contributed by atoms with van der Waals surface area (Å²) in [6.45, 7) is 5.27. The van der Waals surface area contributed by atoms with Gasteiger partial charge in [0.25, 0.3) is 0 Å². The van der Waals surface area contributed by atoms with Crippen LogP contribution in [0.4, 0.5) is 0 Å². The SMILES string of the molecule is C[C](C)OOC(=O)c1ccccc1C.